The molecular formula is C16H19BrClNO2. The molecule has 0 radical (unpaired) electrons. The van der Waals surface area contributed by atoms with Crippen molar-refractivity contribution in [2.75, 3.05) is 14.2 Å². The van der Waals surface area contributed by atoms with Crippen molar-refractivity contribution in [3.05, 3.63) is 33.3 Å². The van der Waals surface area contributed by atoms with Gasteiger partial charge >= 0.3 is 5.97 Å². The van der Waals surface area contributed by atoms with Gasteiger partial charge in [0.05, 0.1) is 18.1 Å². The minimum Gasteiger partial charge on any atom is -0.469 e. The number of esters is 1. The molecule has 1 aromatic carbocycles. The number of nitrogens with zero attached hydrogens (tertiary/aromatic N) is 1. The Hall–Kier alpha value is -0.580. The molecule has 2 fully saturated rings. The molecule has 3 nitrogen and oxygen atoms in total. The Morgan fingerprint density at radius 2 is 2.19 bits per heavy atom. The SMILES string of the molecule is COC(=O)[C@H]1[C@@H](c2ccc(Br)c(Cl)c2)C[C@@H]2CC[C@H]1N2C. The van der Waals surface area contributed by atoms with E-state index in [4.69, 9.17) is 16.3 Å². The van der Waals surface area contributed by atoms with Crippen LogP contribution in [0, 0.1) is 5.92 Å². The van der Waals surface area contributed by atoms with E-state index in [0.717, 1.165) is 29.3 Å². The Kier molecular flexibility index (Phi) is 4.30. The molecule has 2 heterocycles. The minimum absolute atomic E-state index is 0.101. The summed E-state index contributed by atoms with van der Waals surface area (Å²) in [5, 5.41) is 0.697. The van der Waals surface area contributed by atoms with Crippen molar-refractivity contribution < 1.29 is 9.53 Å². The third kappa shape index (κ3) is 2.62. The second-order valence-corrected chi connectivity index (χ2v) is 7.29. The van der Waals surface area contributed by atoms with Gasteiger partial charge in [-0.25, -0.2) is 0 Å². The second-order valence-electron chi connectivity index (χ2n) is 6.03. The zero-order valence-electron chi connectivity index (χ0n) is 12.2. The molecular weight excluding hydrogens is 354 g/mol. The molecule has 0 aromatic heterocycles. The van der Waals surface area contributed by atoms with Crippen LogP contribution < -0.4 is 0 Å². The van der Waals surface area contributed by atoms with E-state index < -0.39 is 0 Å². The van der Waals surface area contributed by atoms with Crippen LogP contribution in [0.2, 0.25) is 5.02 Å². The van der Waals surface area contributed by atoms with Crippen LogP contribution in [0.1, 0.15) is 30.7 Å². The number of carbonyl (C=O) groups excluding carboxylic acids is 1. The highest BCUT2D eigenvalue weighted by atomic mass is 79.9. The number of fused-ring (bicyclic) bond motifs is 2. The predicted octanol–water partition coefficient (Wildman–Crippen LogP) is 3.84. The van der Waals surface area contributed by atoms with Crippen LogP contribution in [0.4, 0.5) is 0 Å². The van der Waals surface area contributed by atoms with E-state index in [9.17, 15) is 4.79 Å². The highest BCUT2D eigenvalue weighted by molar-refractivity contribution is 9.10. The molecule has 0 spiro atoms. The molecule has 2 aliphatic rings. The summed E-state index contributed by atoms with van der Waals surface area (Å²) in [5.74, 6) is -0.0102. The van der Waals surface area contributed by atoms with Gasteiger partial charge in [0.2, 0.25) is 0 Å². The van der Waals surface area contributed by atoms with Crippen molar-refractivity contribution in [3.63, 3.8) is 0 Å². The average Bonchev–Trinajstić information content (AvgIpc) is 2.72. The summed E-state index contributed by atoms with van der Waals surface area (Å²) in [5.41, 5.74) is 1.14. The lowest BCUT2D eigenvalue weighted by atomic mass is 9.76. The Morgan fingerprint density at radius 1 is 1.43 bits per heavy atom. The molecule has 0 N–H and O–H groups in total. The maximum atomic E-state index is 12.3. The van der Waals surface area contributed by atoms with E-state index in [-0.39, 0.29) is 23.8 Å². The van der Waals surface area contributed by atoms with Gasteiger partial charge in [-0.15, -0.1) is 0 Å². The number of halogens is 2. The lowest BCUT2D eigenvalue weighted by molar-refractivity contribution is -0.150. The first-order chi connectivity index (χ1) is 10.0. The van der Waals surface area contributed by atoms with Crippen molar-refractivity contribution in [1.29, 1.82) is 0 Å². The maximum absolute atomic E-state index is 12.3. The standard InChI is InChI=1S/C16H19BrClNO2/c1-19-10-4-6-14(19)15(16(20)21-2)11(8-10)9-3-5-12(17)13(18)7-9/h3,5,7,10-11,14-15H,4,6,8H2,1-2H3/t10-,11+,14+,15-/m0/s1. The zero-order valence-corrected chi connectivity index (χ0v) is 14.5. The molecule has 5 heteroatoms. The van der Waals surface area contributed by atoms with Gasteiger partial charge in [-0.05, 0) is 59.9 Å². The van der Waals surface area contributed by atoms with E-state index in [1.165, 1.54) is 7.11 Å². The third-order valence-electron chi connectivity index (χ3n) is 5.11. The largest absolute Gasteiger partial charge is 0.469 e. The number of rotatable bonds is 2. The Morgan fingerprint density at radius 3 is 2.86 bits per heavy atom. The first-order valence-electron chi connectivity index (χ1n) is 7.27. The Labute approximate surface area is 138 Å². The first-order valence-corrected chi connectivity index (χ1v) is 8.44. The molecule has 2 aliphatic heterocycles. The average molecular weight is 373 g/mol. The minimum atomic E-state index is -0.101. The normalized spacial score (nSPS) is 32.2. The Balaban J connectivity index is 1.98. The molecule has 114 valence electrons. The fourth-order valence-electron chi connectivity index (χ4n) is 4.01. The van der Waals surface area contributed by atoms with Crippen molar-refractivity contribution in [1.82, 2.24) is 4.90 Å². The van der Waals surface area contributed by atoms with E-state index in [2.05, 4.69) is 33.9 Å². The summed E-state index contributed by atoms with van der Waals surface area (Å²) in [4.78, 5) is 14.7. The summed E-state index contributed by atoms with van der Waals surface area (Å²) in [7, 11) is 3.61. The van der Waals surface area contributed by atoms with Gasteiger partial charge in [0.25, 0.3) is 0 Å². The molecule has 2 saturated heterocycles. The number of methoxy groups -OCH3 is 1. The number of piperidine rings is 1. The molecule has 21 heavy (non-hydrogen) atoms. The Bertz CT molecular complexity index is 565. The summed E-state index contributed by atoms with van der Waals surface area (Å²) >= 11 is 9.66. The van der Waals surface area contributed by atoms with Crippen LogP contribution in [0.5, 0.6) is 0 Å². The zero-order chi connectivity index (χ0) is 15.1. The van der Waals surface area contributed by atoms with Crippen molar-refractivity contribution in [2.24, 2.45) is 5.92 Å². The smallest absolute Gasteiger partial charge is 0.310 e. The van der Waals surface area contributed by atoms with Crippen LogP contribution in [0.3, 0.4) is 0 Å². The molecule has 1 aromatic rings. The quantitative estimate of drug-likeness (QED) is 0.739. The van der Waals surface area contributed by atoms with Crippen molar-refractivity contribution in [2.45, 2.75) is 37.3 Å². The first kappa shape index (κ1) is 15.3. The topological polar surface area (TPSA) is 29.5 Å². The van der Waals surface area contributed by atoms with Gasteiger partial charge in [-0.3, -0.25) is 9.69 Å². The van der Waals surface area contributed by atoms with Gasteiger partial charge in [0, 0.05) is 22.5 Å². The van der Waals surface area contributed by atoms with E-state index in [0.29, 0.717) is 11.1 Å². The molecule has 0 aliphatic carbocycles. The molecule has 4 atom stereocenters. The van der Waals surface area contributed by atoms with Gasteiger partial charge < -0.3 is 4.74 Å². The lowest BCUT2D eigenvalue weighted by Crippen LogP contribution is -2.49. The van der Waals surface area contributed by atoms with Crippen LogP contribution in [-0.4, -0.2) is 37.1 Å². The molecule has 3 rings (SSSR count). The van der Waals surface area contributed by atoms with E-state index in [1.807, 2.05) is 12.1 Å². The van der Waals surface area contributed by atoms with Gasteiger partial charge in [0.1, 0.15) is 0 Å². The summed E-state index contributed by atoms with van der Waals surface area (Å²) < 4.78 is 5.97. The number of carbonyl (C=O) groups is 1. The van der Waals surface area contributed by atoms with Crippen molar-refractivity contribution in [3.8, 4) is 0 Å². The molecule has 0 amide bonds. The lowest BCUT2D eigenvalue weighted by Gasteiger charge is -2.41. The van der Waals surface area contributed by atoms with Crippen LogP contribution in [-0.2, 0) is 9.53 Å². The second kappa shape index (κ2) is 5.90. The van der Waals surface area contributed by atoms with Gasteiger partial charge in [0.15, 0.2) is 0 Å². The molecule has 0 saturated carbocycles. The maximum Gasteiger partial charge on any atom is 0.310 e. The van der Waals surface area contributed by atoms with E-state index in [1.54, 1.807) is 0 Å². The molecule has 0 unspecified atom stereocenters. The van der Waals surface area contributed by atoms with Gasteiger partial charge in [-0.1, -0.05) is 17.7 Å². The monoisotopic (exact) mass is 371 g/mol. The summed E-state index contributed by atoms with van der Waals surface area (Å²) in [6.07, 6.45) is 3.22. The van der Waals surface area contributed by atoms with Gasteiger partial charge in [-0.2, -0.15) is 0 Å². The highest BCUT2D eigenvalue weighted by Crippen LogP contribution is 2.47. The number of hydrogen-bond acceptors (Lipinski definition) is 3. The van der Waals surface area contributed by atoms with Crippen molar-refractivity contribution >= 4 is 33.5 Å². The summed E-state index contributed by atoms with van der Waals surface area (Å²) in [6.45, 7) is 0. The van der Waals surface area contributed by atoms with Crippen LogP contribution >= 0.6 is 27.5 Å². The van der Waals surface area contributed by atoms with E-state index >= 15 is 0 Å². The van der Waals surface area contributed by atoms with Crippen LogP contribution in [0.15, 0.2) is 22.7 Å². The molecule has 2 bridgehead atoms. The number of benzene rings is 1. The highest BCUT2D eigenvalue weighted by Gasteiger charge is 2.49. The number of hydrogen-bond donors (Lipinski definition) is 0. The van der Waals surface area contributed by atoms with Crippen LogP contribution in [0.25, 0.3) is 0 Å². The third-order valence-corrected chi connectivity index (χ3v) is 6.35. The summed E-state index contributed by atoms with van der Waals surface area (Å²) in [6, 6.07) is 6.86. The predicted molar refractivity (Wildman–Crippen MR) is 86.6 cm³/mol. The fraction of sp³-hybridized carbons (Fsp3) is 0.562. The number of ether oxygens (including phenoxy) is 1. The fourth-order valence-corrected chi connectivity index (χ4v) is 4.45.